The van der Waals surface area contributed by atoms with Crippen molar-refractivity contribution in [3.8, 4) is 0 Å². The molecule has 3 nitrogen and oxygen atoms in total. The zero-order valence-corrected chi connectivity index (χ0v) is 11.9. The molecule has 1 heterocycles. The summed E-state index contributed by atoms with van der Waals surface area (Å²) < 4.78 is 5.71. The molecule has 3 heteroatoms. The van der Waals surface area contributed by atoms with Crippen LogP contribution in [0.3, 0.4) is 0 Å². The first-order valence-corrected chi connectivity index (χ1v) is 7.21. The van der Waals surface area contributed by atoms with Crippen molar-refractivity contribution in [2.24, 2.45) is 0 Å². The SMILES string of the molecule is CCCCCCNCCN1CCOC(C)(C)C1. The third-order valence-electron chi connectivity index (χ3n) is 3.32. The van der Waals surface area contributed by atoms with Gasteiger partial charge >= 0.3 is 0 Å². The van der Waals surface area contributed by atoms with Gasteiger partial charge in [0.2, 0.25) is 0 Å². The molecule has 1 saturated heterocycles. The lowest BCUT2D eigenvalue weighted by Gasteiger charge is -2.38. The summed E-state index contributed by atoms with van der Waals surface area (Å²) in [6.45, 7) is 13.1. The molecule has 0 bridgehead atoms. The van der Waals surface area contributed by atoms with Crippen LogP contribution in [-0.2, 0) is 4.74 Å². The zero-order valence-electron chi connectivity index (χ0n) is 11.9. The molecule has 1 aliphatic heterocycles. The largest absolute Gasteiger partial charge is 0.373 e. The number of ether oxygens (including phenoxy) is 1. The second-order valence-corrected chi connectivity index (χ2v) is 5.69. The van der Waals surface area contributed by atoms with E-state index in [0.717, 1.165) is 32.8 Å². The van der Waals surface area contributed by atoms with Crippen molar-refractivity contribution in [2.75, 3.05) is 39.3 Å². The molecule has 0 aromatic rings. The summed E-state index contributed by atoms with van der Waals surface area (Å²) in [6.07, 6.45) is 5.39. The fourth-order valence-electron chi connectivity index (χ4n) is 2.34. The second kappa shape index (κ2) is 8.06. The maximum Gasteiger partial charge on any atom is 0.0753 e. The molecule has 0 spiro atoms. The van der Waals surface area contributed by atoms with Gasteiger partial charge in [0, 0.05) is 26.2 Å². The van der Waals surface area contributed by atoms with Crippen molar-refractivity contribution in [2.45, 2.75) is 52.1 Å². The number of nitrogens with one attached hydrogen (secondary N) is 1. The smallest absolute Gasteiger partial charge is 0.0753 e. The van der Waals surface area contributed by atoms with E-state index < -0.39 is 0 Å². The van der Waals surface area contributed by atoms with Gasteiger partial charge in [0.1, 0.15) is 0 Å². The minimum absolute atomic E-state index is 0.0410. The Balaban J connectivity index is 1.95. The van der Waals surface area contributed by atoms with Gasteiger partial charge in [-0.1, -0.05) is 26.2 Å². The predicted molar refractivity (Wildman–Crippen MR) is 73.5 cm³/mol. The van der Waals surface area contributed by atoms with Crippen molar-refractivity contribution >= 4 is 0 Å². The summed E-state index contributed by atoms with van der Waals surface area (Å²) in [5.74, 6) is 0. The van der Waals surface area contributed by atoms with Gasteiger partial charge in [-0.25, -0.2) is 0 Å². The third kappa shape index (κ3) is 7.02. The summed E-state index contributed by atoms with van der Waals surface area (Å²) in [5.41, 5.74) is 0.0410. The van der Waals surface area contributed by atoms with E-state index in [1.807, 2.05) is 0 Å². The molecule has 1 rings (SSSR count). The molecule has 0 atom stereocenters. The Kier molecular flexibility index (Phi) is 7.09. The van der Waals surface area contributed by atoms with Crippen LogP contribution in [0.1, 0.15) is 46.5 Å². The van der Waals surface area contributed by atoms with Crippen molar-refractivity contribution < 1.29 is 4.74 Å². The van der Waals surface area contributed by atoms with Crippen LogP contribution in [0.2, 0.25) is 0 Å². The first-order valence-electron chi connectivity index (χ1n) is 7.21. The van der Waals surface area contributed by atoms with Gasteiger partial charge in [0.05, 0.1) is 12.2 Å². The Morgan fingerprint density at radius 1 is 1.18 bits per heavy atom. The number of unbranched alkanes of at least 4 members (excludes halogenated alkanes) is 3. The Bertz CT molecular complexity index is 195. The number of morpholine rings is 1. The van der Waals surface area contributed by atoms with Gasteiger partial charge < -0.3 is 10.1 Å². The van der Waals surface area contributed by atoms with Gasteiger partial charge in [0.15, 0.2) is 0 Å². The Hall–Kier alpha value is -0.120. The zero-order chi connectivity index (χ0) is 12.6. The fourth-order valence-corrected chi connectivity index (χ4v) is 2.34. The highest BCUT2D eigenvalue weighted by Crippen LogP contribution is 2.15. The number of hydrogen-bond donors (Lipinski definition) is 1. The molecule has 0 radical (unpaired) electrons. The number of nitrogens with zero attached hydrogens (tertiary/aromatic N) is 1. The Morgan fingerprint density at radius 2 is 2.00 bits per heavy atom. The molecule has 1 aliphatic rings. The molecule has 0 aliphatic carbocycles. The van der Waals surface area contributed by atoms with Gasteiger partial charge in [0.25, 0.3) is 0 Å². The molecule has 0 saturated carbocycles. The van der Waals surface area contributed by atoms with Gasteiger partial charge in [-0.2, -0.15) is 0 Å². The lowest BCUT2D eigenvalue weighted by Crippen LogP contribution is -2.49. The van der Waals surface area contributed by atoms with Crippen LogP contribution < -0.4 is 5.32 Å². The quantitative estimate of drug-likeness (QED) is 0.661. The summed E-state index contributed by atoms with van der Waals surface area (Å²) >= 11 is 0. The molecular weight excluding hydrogens is 212 g/mol. The second-order valence-electron chi connectivity index (χ2n) is 5.69. The van der Waals surface area contributed by atoms with E-state index in [0.29, 0.717) is 0 Å². The van der Waals surface area contributed by atoms with Gasteiger partial charge in [-0.15, -0.1) is 0 Å². The van der Waals surface area contributed by atoms with Crippen molar-refractivity contribution in [3.05, 3.63) is 0 Å². The highest BCUT2D eigenvalue weighted by atomic mass is 16.5. The minimum Gasteiger partial charge on any atom is -0.373 e. The molecule has 0 unspecified atom stereocenters. The van der Waals surface area contributed by atoms with Crippen LogP contribution in [0, 0.1) is 0 Å². The van der Waals surface area contributed by atoms with Crippen LogP contribution in [-0.4, -0.2) is 49.8 Å². The van der Waals surface area contributed by atoms with E-state index in [2.05, 4.69) is 31.0 Å². The molecule has 17 heavy (non-hydrogen) atoms. The highest BCUT2D eigenvalue weighted by molar-refractivity contribution is 4.79. The fraction of sp³-hybridized carbons (Fsp3) is 1.00. The minimum atomic E-state index is 0.0410. The predicted octanol–water partition coefficient (Wildman–Crippen LogP) is 2.27. The van der Waals surface area contributed by atoms with E-state index in [-0.39, 0.29) is 5.60 Å². The Labute approximate surface area is 107 Å². The third-order valence-corrected chi connectivity index (χ3v) is 3.32. The first-order chi connectivity index (χ1) is 8.14. The maximum absolute atomic E-state index is 5.71. The normalized spacial score (nSPS) is 20.6. The van der Waals surface area contributed by atoms with E-state index in [1.165, 1.54) is 32.2 Å². The van der Waals surface area contributed by atoms with Crippen LogP contribution in [0.15, 0.2) is 0 Å². The summed E-state index contributed by atoms with van der Waals surface area (Å²) in [7, 11) is 0. The summed E-state index contributed by atoms with van der Waals surface area (Å²) in [5, 5.41) is 3.54. The van der Waals surface area contributed by atoms with E-state index in [4.69, 9.17) is 4.74 Å². The van der Waals surface area contributed by atoms with Crippen LogP contribution >= 0.6 is 0 Å². The van der Waals surface area contributed by atoms with Gasteiger partial charge in [-0.05, 0) is 26.8 Å². The molecule has 1 N–H and O–H groups in total. The van der Waals surface area contributed by atoms with Crippen molar-refractivity contribution in [3.63, 3.8) is 0 Å². The topological polar surface area (TPSA) is 24.5 Å². The standard InChI is InChI=1S/C14H30N2O/c1-4-5-6-7-8-15-9-10-16-11-12-17-14(2,3)13-16/h15H,4-13H2,1-3H3. The molecule has 1 fully saturated rings. The van der Waals surface area contributed by atoms with Crippen molar-refractivity contribution in [1.29, 1.82) is 0 Å². The van der Waals surface area contributed by atoms with E-state index >= 15 is 0 Å². The summed E-state index contributed by atoms with van der Waals surface area (Å²) in [6, 6.07) is 0. The van der Waals surface area contributed by atoms with Gasteiger partial charge in [-0.3, -0.25) is 4.90 Å². The lowest BCUT2D eigenvalue weighted by molar-refractivity contribution is -0.0854. The van der Waals surface area contributed by atoms with Crippen molar-refractivity contribution in [1.82, 2.24) is 10.2 Å². The number of rotatable bonds is 8. The Morgan fingerprint density at radius 3 is 2.71 bits per heavy atom. The molecular formula is C14H30N2O. The molecule has 102 valence electrons. The average Bonchev–Trinajstić information content (AvgIpc) is 2.27. The first kappa shape index (κ1) is 14.9. The molecule has 0 aromatic carbocycles. The summed E-state index contributed by atoms with van der Waals surface area (Å²) in [4.78, 5) is 2.50. The average molecular weight is 242 g/mol. The van der Waals surface area contributed by atoms with Crippen LogP contribution in [0.5, 0.6) is 0 Å². The maximum atomic E-state index is 5.71. The molecule has 0 amide bonds. The molecule has 0 aromatic heterocycles. The van der Waals surface area contributed by atoms with E-state index in [1.54, 1.807) is 0 Å². The highest BCUT2D eigenvalue weighted by Gasteiger charge is 2.26. The van der Waals surface area contributed by atoms with Crippen LogP contribution in [0.25, 0.3) is 0 Å². The van der Waals surface area contributed by atoms with Crippen LogP contribution in [0.4, 0.5) is 0 Å². The lowest BCUT2D eigenvalue weighted by atomic mass is 10.1. The van der Waals surface area contributed by atoms with E-state index in [9.17, 15) is 0 Å². The number of hydrogen-bond acceptors (Lipinski definition) is 3. The monoisotopic (exact) mass is 242 g/mol.